The van der Waals surface area contributed by atoms with E-state index in [1.165, 1.54) is 0 Å². The van der Waals surface area contributed by atoms with Gasteiger partial charge in [0.25, 0.3) is 0 Å². The maximum Gasteiger partial charge on any atom is 0.207 e. The van der Waals surface area contributed by atoms with E-state index < -0.39 is 0 Å². The molecule has 1 N–H and O–H groups in total. The van der Waals surface area contributed by atoms with Crippen LogP contribution in [0.15, 0.2) is 40.7 Å². The second-order valence-corrected chi connectivity index (χ2v) is 2.83. The van der Waals surface area contributed by atoms with E-state index in [1.54, 1.807) is 5.01 Å². The van der Waals surface area contributed by atoms with Gasteiger partial charge in [0.1, 0.15) is 0 Å². The van der Waals surface area contributed by atoms with Gasteiger partial charge >= 0.3 is 0 Å². The molecule has 1 aliphatic rings. The first-order valence-corrected chi connectivity index (χ1v) is 4.07. The third-order valence-corrected chi connectivity index (χ3v) is 1.91. The van der Waals surface area contributed by atoms with E-state index in [-0.39, 0.29) is 5.50 Å². The van der Waals surface area contributed by atoms with Crippen LogP contribution >= 0.6 is 12.6 Å². The van der Waals surface area contributed by atoms with Crippen molar-refractivity contribution < 1.29 is 0 Å². The minimum atomic E-state index is -0.229. The Morgan fingerprint density at radius 3 is 2.67 bits per heavy atom. The van der Waals surface area contributed by atoms with Gasteiger partial charge in [-0.25, -0.2) is 5.01 Å². The first kappa shape index (κ1) is 7.42. The molecule has 0 radical (unpaired) electrons. The second kappa shape index (κ2) is 3.02. The third kappa shape index (κ3) is 1.23. The molecule has 4 nitrogen and oxygen atoms in total. The predicted octanol–water partition coefficient (Wildman–Crippen LogP) is 1.59. The molecule has 12 heavy (non-hydrogen) atoms. The van der Waals surface area contributed by atoms with E-state index >= 15 is 0 Å². The number of hydrogen-bond donors (Lipinski definition) is 2. The molecule has 0 aromatic heterocycles. The van der Waals surface area contributed by atoms with E-state index in [1.807, 2.05) is 30.3 Å². The molecule has 1 aliphatic heterocycles. The fourth-order valence-electron chi connectivity index (χ4n) is 1.01. The Kier molecular flexibility index (Phi) is 1.87. The zero-order valence-electron chi connectivity index (χ0n) is 6.25. The van der Waals surface area contributed by atoms with Crippen LogP contribution in [0, 0.1) is 0 Å². The summed E-state index contributed by atoms with van der Waals surface area (Å²) in [5.41, 5.74) is 3.51. The lowest BCUT2D eigenvalue weighted by molar-refractivity contribution is 0.735. The molecule has 1 aromatic carbocycles. The lowest BCUT2D eigenvalue weighted by Gasteiger charge is -2.18. The summed E-state index contributed by atoms with van der Waals surface area (Å²) >= 11 is 4.20. The zero-order valence-corrected chi connectivity index (χ0v) is 7.15. The first-order valence-electron chi connectivity index (χ1n) is 3.56. The van der Waals surface area contributed by atoms with Crippen LogP contribution in [0.3, 0.4) is 0 Å². The number of nitrogens with zero attached hydrogens (tertiary/aromatic N) is 3. The molecule has 62 valence electrons. The minimum Gasteiger partial charge on any atom is -0.235 e. The lowest BCUT2D eigenvalue weighted by Crippen LogP contribution is -2.34. The molecule has 0 saturated heterocycles. The van der Waals surface area contributed by atoms with Crippen molar-refractivity contribution in [1.29, 1.82) is 0 Å². The summed E-state index contributed by atoms with van der Waals surface area (Å²) in [5, 5.41) is 9.21. The van der Waals surface area contributed by atoms with Gasteiger partial charge in [-0.3, -0.25) is 0 Å². The minimum absolute atomic E-state index is 0.229. The molecule has 2 rings (SSSR count). The molecule has 0 aliphatic carbocycles. The number of rotatable bonds is 1. The monoisotopic (exact) mass is 180 g/mol. The van der Waals surface area contributed by atoms with E-state index in [0.29, 0.717) is 0 Å². The highest BCUT2D eigenvalue weighted by molar-refractivity contribution is 7.81. The molecule has 1 unspecified atom stereocenters. The number of benzene rings is 1. The van der Waals surface area contributed by atoms with Crippen molar-refractivity contribution >= 4 is 18.3 Å². The van der Waals surface area contributed by atoms with Gasteiger partial charge in [0.2, 0.25) is 5.50 Å². The summed E-state index contributed by atoms with van der Waals surface area (Å²) in [6, 6.07) is 9.80. The molecule has 0 spiro atoms. The van der Waals surface area contributed by atoms with Crippen molar-refractivity contribution in [2.24, 2.45) is 10.3 Å². The highest BCUT2D eigenvalue weighted by atomic mass is 32.1. The van der Waals surface area contributed by atoms with Crippen LogP contribution in [0.4, 0.5) is 5.69 Å². The largest absolute Gasteiger partial charge is 0.235 e. The maximum absolute atomic E-state index is 4.20. The second-order valence-electron chi connectivity index (χ2n) is 2.37. The standard InChI is InChI=1S/C7H8N4S/c12-7-8-9-10-11(7)6-4-2-1-3-5-6/h1-5,7,12H,(H,8,10). The van der Waals surface area contributed by atoms with Gasteiger partial charge in [-0.2, -0.15) is 5.53 Å². The third-order valence-electron chi connectivity index (χ3n) is 1.58. The SMILES string of the molecule is SC1N=NNN1c1ccccc1. The summed E-state index contributed by atoms with van der Waals surface area (Å²) in [5.74, 6) is 0. The van der Waals surface area contributed by atoms with Crippen molar-refractivity contribution in [2.75, 3.05) is 5.01 Å². The average Bonchev–Trinajstić information content (AvgIpc) is 2.53. The molecule has 1 heterocycles. The van der Waals surface area contributed by atoms with Crippen LogP contribution < -0.4 is 10.5 Å². The molecule has 1 atom stereocenters. The van der Waals surface area contributed by atoms with Crippen LogP contribution in [0.5, 0.6) is 0 Å². The van der Waals surface area contributed by atoms with Crippen molar-refractivity contribution in [3.63, 3.8) is 0 Å². The van der Waals surface area contributed by atoms with Gasteiger partial charge in [-0.1, -0.05) is 23.4 Å². The molecular formula is C7H8N4S. The van der Waals surface area contributed by atoms with Crippen molar-refractivity contribution in [3.8, 4) is 0 Å². The number of hydrazine groups is 1. The molecule has 0 bridgehead atoms. The quantitative estimate of drug-likeness (QED) is 0.644. The smallest absolute Gasteiger partial charge is 0.207 e. The number of thiol groups is 1. The molecule has 0 amide bonds. The Morgan fingerprint density at radius 1 is 1.33 bits per heavy atom. The van der Waals surface area contributed by atoms with Crippen LogP contribution in [0.25, 0.3) is 0 Å². The van der Waals surface area contributed by atoms with Crippen molar-refractivity contribution in [1.82, 2.24) is 5.53 Å². The van der Waals surface area contributed by atoms with Gasteiger partial charge in [0, 0.05) is 0 Å². The van der Waals surface area contributed by atoms with Crippen LogP contribution in [0.2, 0.25) is 0 Å². The van der Waals surface area contributed by atoms with Crippen LogP contribution in [-0.4, -0.2) is 5.50 Å². The predicted molar refractivity (Wildman–Crippen MR) is 49.7 cm³/mol. The number of hydrogen-bond acceptors (Lipinski definition) is 5. The topological polar surface area (TPSA) is 40.0 Å². The zero-order chi connectivity index (χ0) is 8.39. The molecule has 0 fully saturated rings. The molecule has 5 heteroatoms. The van der Waals surface area contributed by atoms with Crippen LogP contribution in [0.1, 0.15) is 0 Å². The number of nitrogens with one attached hydrogen (secondary N) is 1. The fraction of sp³-hybridized carbons (Fsp3) is 0.143. The maximum atomic E-state index is 4.20. The van der Waals surface area contributed by atoms with Gasteiger partial charge < -0.3 is 0 Å². The Balaban J connectivity index is 2.22. The van der Waals surface area contributed by atoms with Crippen LogP contribution in [-0.2, 0) is 0 Å². The Labute approximate surface area is 75.6 Å². The van der Waals surface area contributed by atoms with Crippen molar-refractivity contribution in [3.05, 3.63) is 30.3 Å². The van der Waals surface area contributed by atoms with Gasteiger partial charge in [0.15, 0.2) is 0 Å². The molecule has 1 aromatic rings. The summed E-state index contributed by atoms with van der Waals surface area (Å²) < 4.78 is 0. The van der Waals surface area contributed by atoms with Gasteiger partial charge in [-0.15, -0.1) is 17.7 Å². The van der Waals surface area contributed by atoms with Crippen molar-refractivity contribution in [2.45, 2.75) is 5.50 Å². The van der Waals surface area contributed by atoms with E-state index in [9.17, 15) is 0 Å². The highest BCUT2D eigenvalue weighted by Crippen LogP contribution is 2.19. The highest BCUT2D eigenvalue weighted by Gasteiger charge is 2.17. The summed E-state index contributed by atoms with van der Waals surface area (Å²) in [4.78, 5) is 0. The first-order chi connectivity index (χ1) is 5.88. The van der Waals surface area contributed by atoms with E-state index in [0.717, 1.165) is 5.69 Å². The number of anilines is 1. The average molecular weight is 180 g/mol. The summed E-state index contributed by atoms with van der Waals surface area (Å²) in [7, 11) is 0. The molecule has 0 saturated carbocycles. The van der Waals surface area contributed by atoms with Gasteiger partial charge in [-0.05, 0) is 12.1 Å². The Hall–Kier alpha value is -1.23. The number of para-hydroxylation sites is 1. The Bertz CT molecular complexity index is 287. The summed E-state index contributed by atoms with van der Waals surface area (Å²) in [6.45, 7) is 0. The lowest BCUT2D eigenvalue weighted by atomic mass is 10.3. The summed E-state index contributed by atoms with van der Waals surface area (Å²) in [6.07, 6.45) is 0. The fourth-order valence-corrected chi connectivity index (χ4v) is 1.25. The van der Waals surface area contributed by atoms with Gasteiger partial charge in [0.05, 0.1) is 5.69 Å². The molecular weight excluding hydrogens is 172 g/mol. The van der Waals surface area contributed by atoms with E-state index in [4.69, 9.17) is 0 Å². The van der Waals surface area contributed by atoms with E-state index in [2.05, 4.69) is 28.5 Å². The normalized spacial score (nSPS) is 21.1. The Morgan fingerprint density at radius 2 is 2.08 bits per heavy atom.